The fourth-order valence-electron chi connectivity index (χ4n) is 2.64. The van der Waals surface area contributed by atoms with Gasteiger partial charge in [-0.05, 0) is 11.1 Å². The quantitative estimate of drug-likeness (QED) is 0.699. The zero-order valence-electron chi connectivity index (χ0n) is 13.1. The third kappa shape index (κ3) is 4.52. The summed E-state index contributed by atoms with van der Waals surface area (Å²) in [6.45, 7) is 0. The summed E-state index contributed by atoms with van der Waals surface area (Å²) in [5, 5.41) is 0. The van der Waals surface area contributed by atoms with Crippen molar-refractivity contribution in [3.05, 3.63) is 71.8 Å². The first-order valence-corrected chi connectivity index (χ1v) is 7.40. The van der Waals surface area contributed by atoms with Crippen LogP contribution in [0.4, 0.5) is 0 Å². The summed E-state index contributed by atoms with van der Waals surface area (Å²) in [5.74, 6) is 0.0755. The van der Waals surface area contributed by atoms with Gasteiger partial charge in [0, 0.05) is 33.0 Å². The Kier molecular flexibility index (Phi) is 6.31. The van der Waals surface area contributed by atoms with E-state index in [0.29, 0.717) is 12.8 Å². The molecule has 0 aliphatic carbocycles. The van der Waals surface area contributed by atoms with Gasteiger partial charge in [0.15, 0.2) is 6.29 Å². The molecule has 22 heavy (non-hydrogen) atoms. The second-order valence-electron chi connectivity index (χ2n) is 5.26. The number of rotatable bonds is 8. The van der Waals surface area contributed by atoms with Gasteiger partial charge in [0.25, 0.3) is 0 Å². The van der Waals surface area contributed by atoms with Crippen LogP contribution in [0.1, 0.15) is 23.5 Å². The number of carbonyl (C=O) groups excluding carboxylic acids is 1. The highest BCUT2D eigenvalue weighted by Gasteiger charge is 2.25. The van der Waals surface area contributed by atoms with Gasteiger partial charge in [0.05, 0.1) is 0 Å². The van der Waals surface area contributed by atoms with E-state index in [0.717, 1.165) is 11.1 Å². The predicted molar refractivity (Wildman–Crippen MR) is 86.8 cm³/mol. The van der Waals surface area contributed by atoms with E-state index < -0.39 is 6.29 Å². The minimum Gasteiger partial charge on any atom is -0.355 e. The van der Waals surface area contributed by atoms with E-state index in [-0.39, 0.29) is 11.7 Å². The van der Waals surface area contributed by atoms with E-state index in [4.69, 9.17) is 9.47 Å². The number of Topliss-reactive ketones (excluding diaryl/α,β-unsaturated/α-hetero) is 1. The van der Waals surface area contributed by atoms with Crippen LogP contribution in [0.2, 0.25) is 0 Å². The Bertz CT molecular complexity index is 562. The van der Waals surface area contributed by atoms with Crippen molar-refractivity contribution in [1.29, 1.82) is 0 Å². The van der Waals surface area contributed by atoms with Crippen LogP contribution in [-0.2, 0) is 20.7 Å². The lowest BCUT2D eigenvalue weighted by atomic mass is 9.91. The molecule has 0 aromatic heterocycles. The van der Waals surface area contributed by atoms with Crippen LogP contribution in [0.15, 0.2) is 60.7 Å². The van der Waals surface area contributed by atoms with Crippen LogP contribution >= 0.6 is 0 Å². The highest BCUT2D eigenvalue weighted by Crippen LogP contribution is 2.26. The lowest BCUT2D eigenvalue weighted by Crippen LogP contribution is -2.26. The zero-order valence-corrected chi connectivity index (χ0v) is 13.1. The molecule has 0 aliphatic rings. The van der Waals surface area contributed by atoms with Gasteiger partial charge in [-0.1, -0.05) is 60.7 Å². The smallest absolute Gasteiger partial charge is 0.164 e. The summed E-state index contributed by atoms with van der Waals surface area (Å²) in [5.41, 5.74) is 2.09. The molecule has 2 rings (SSSR count). The molecule has 0 heterocycles. The Morgan fingerprint density at radius 2 is 1.45 bits per heavy atom. The molecule has 0 saturated carbocycles. The minimum absolute atomic E-state index is 0.104. The van der Waals surface area contributed by atoms with Gasteiger partial charge in [-0.15, -0.1) is 0 Å². The Labute approximate surface area is 131 Å². The number of hydrogen-bond donors (Lipinski definition) is 0. The predicted octanol–water partition coefficient (Wildman–Crippen LogP) is 3.59. The van der Waals surface area contributed by atoms with Crippen molar-refractivity contribution in [3.63, 3.8) is 0 Å². The van der Waals surface area contributed by atoms with Gasteiger partial charge in [0.2, 0.25) is 0 Å². The number of hydrogen-bond acceptors (Lipinski definition) is 3. The molecule has 0 N–H and O–H groups in total. The molecule has 0 spiro atoms. The summed E-state index contributed by atoms with van der Waals surface area (Å²) >= 11 is 0. The summed E-state index contributed by atoms with van der Waals surface area (Å²) in [4.78, 5) is 12.4. The van der Waals surface area contributed by atoms with E-state index in [9.17, 15) is 4.79 Å². The van der Waals surface area contributed by atoms with Crippen LogP contribution in [0.5, 0.6) is 0 Å². The molecule has 3 nitrogen and oxygen atoms in total. The summed E-state index contributed by atoms with van der Waals surface area (Å²) < 4.78 is 10.8. The van der Waals surface area contributed by atoms with Crippen molar-refractivity contribution in [2.45, 2.75) is 25.0 Å². The molecule has 0 fully saturated rings. The van der Waals surface area contributed by atoms with E-state index in [1.165, 1.54) is 0 Å². The standard InChI is InChI=1S/C19H22O3/c1-21-19(22-2)18(16-11-7-4-8-12-16)14-17(20)13-15-9-5-3-6-10-15/h3-12,18-19H,13-14H2,1-2H3. The van der Waals surface area contributed by atoms with Gasteiger partial charge in [0.1, 0.15) is 5.78 Å². The topological polar surface area (TPSA) is 35.5 Å². The highest BCUT2D eigenvalue weighted by atomic mass is 16.7. The van der Waals surface area contributed by atoms with Crippen molar-refractivity contribution in [1.82, 2.24) is 0 Å². The number of methoxy groups -OCH3 is 2. The fourth-order valence-corrected chi connectivity index (χ4v) is 2.64. The first-order chi connectivity index (χ1) is 10.7. The molecule has 2 aromatic carbocycles. The van der Waals surface area contributed by atoms with Crippen LogP contribution in [0.3, 0.4) is 0 Å². The van der Waals surface area contributed by atoms with Crippen LogP contribution in [-0.4, -0.2) is 26.3 Å². The molecule has 0 radical (unpaired) electrons. The molecular formula is C19H22O3. The number of benzene rings is 2. The van der Waals surface area contributed by atoms with Crippen molar-refractivity contribution in [3.8, 4) is 0 Å². The second-order valence-corrected chi connectivity index (χ2v) is 5.26. The van der Waals surface area contributed by atoms with Crippen molar-refractivity contribution >= 4 is 5.78 Å². The molecule has 2 aromatic rings. The molecule has 0 saturated heterocycles. The summed E-state index contributed by atoms with van der Waals surface area (Å²) in [7, 11) is 3.21. The Morgan fingerprint density at radius 1 is 0.909 bits per heavy atom. The normalized spacial score (nSPS) is 12.3. The van der Waals surface area contributed by atoms with E-state index in [2.05, 4.69) is 0 Å². The van der Waals surface area contributed by atoms with E-state index >= 15 is 0 Å². The maximum absolute atomic E-state index is 12.4. The number of ether oxygens (including phenoxy) is 2. The molecular weight excluding hydrogens is 276 g/mol. The Balaban J connectivity index is 2.11. The van der Waals surface area contributed by atoms with E-state index in [1.807, 2.05) is 60.7 Å². The second kappa shape index (κ2) is 8.47. The molecule has 3 heteroatoms. The minimum atomic E-state index is -0.429. The molecule has 1 atom stereocenters. The van der Waals surface area contributed by atoms with Gasteiger partial charge in [-0.2, -0.15) is 0 Å². The molecule has 116 valence electrons. The van der Waals surface area contributed by atoms with Gasteiger partial charge in [-0.25, -0.2) is 0 Å². The largest absolute Gasteiger partial charge is 0.355 e. The lowest BCUT2D eigenvalue weighted by molar-refractivity contribution is -0.132. The Hall–Kier alpha value is -1.97. The lowest BCUT2D eigenvalue weighted by Gasteiger charge is -2.24. The van der Waals surface area contributed by atoms with Crippen LogP contribution < -0.4 is 0 Å². The monoisotopic (exact) mass is 298 g/mol. The maximum atomic E-state index is 12.4. The third-order valence-electron chi connectivity index (χ3n) is 3.71. The average molecular weight is 298 g/mol. The van der Waals surface area contributed by atoms with Crippen LogP contribution in [0, 0.1) is 0 Å². The fraction of sp³-hybridized carbons (Fsp3) is 0.316. The first kappa shape index (κ1) is 16.4. The van der Waals surface area contributed by atoms with Gasteiger partial charge in [-0.3, -0.25) is 4.79 Å². The summed E-state index contributed by atoms with van der Waals surface area (Å²) in [6.07, 6.45) is 0.400. The molecule has 0 amide bonds. The molecule has 0 aliphatic heterocycles. The van der Waals surface area contributed by atoms with E-state index in [1.54, 1.807) is 14.2 Å². The average Bonchev–Trinajstić information content (AvgIpc) is 2.56. The van der Waals surface area contributed by atoms with Gasteiger partial charge >= 0.3 is 0 Å². The SMILES string of the molecule is COC(OC)C(CC(=O)Cc1ccccc1)c1ccccc1. The Morgan fingerprint density at radius 3 is 2.00 bits per heavy atom. The number of carbonyl (C=O) groups is 1. The summed E-state index contributed by atoms with van der Waals surface area (Å²) in [6, 6.07) is 19.7. The van der Waals surface area contributed by atoms with Gasteiger partial charge < -0.3 is 9.47 Å². The van der Waals surface area contributed by atoms with Crippen molar-refractivity contribution in [2.75, 3.05) is 14.2 Å². The zero-order chi connectivity index (χ0) is 15.8. The molecule has 0 bridgehead atoms. The highest BCUT2D eigenvalue weighted by molar-refractivity contribution is 5.81. The van der Waals surface area contributed by atoms with Crippen molar-refractivity contribution < 1.29 is 14.3 Å². The number of ketones is 1. The third-order valence-corrected chi connectivity index (χ3v) is 3.71. The van der Waals surface area contributed by atoms with Crippen molar-refractivity contribution in [2.24, 2.45) is 0 Å². The maximum Gasteiger partial charge on any atom is 0.164 e. The van der Waals surface area contributed by atoms with Crippen LogP contribution in [0.25, 0.3) is 0 Å². The molecule has 1 unspecified atom stereocenters. The first-order valence-electron chi connectivity index (χ1n) is 7.40.